The van der Waals surface area contributed by atoms with Gasteiger partial charge in [0.25, 0.3) is 0 Å². The van der Waals surface area contributed by atoms with Crippen LogP contribution in [0.2, 0.25) is 0 Å². The van der Waals surface area contributed by atoms with Gasteiger partial charge in [-0.2, -0.15) is 5.10 Å². The Morgan fingerprint density at radius 1 is 1.21 bits per heavy atom. The Balaban J connectivity index is 1.95. The monoisotopic (exact) mass is 254 g/mol. The van der Waals surface area contributed by atoms with Crippen LogP contribution in [0.1, 0.15) is 5.69 Å². The Bertz CT molecular complexity index is 554. The molecule has 0 saturated heterocycles. The molecule has 5 heteroatoms. The van der Waals surface area contributed by atoms with Gasteiger partial charge in [-0.1, -0.05) is 24.3 Å². The molecule has 0 spiro atoms. The summed E-state index contributed by atoms with van der Waals surface area (Å²) in [6.45, 7) is 0. The van der Waals surface area contributed by atoms with Crippen molar-refractivity contribution < 1.29 is 4.79 Å². The predicted octanol–water partition coefficient (Wildman–Crippen LogP) is 2.58. The van der Waals surface area contributed by atoms with Crippen molar-refractivity contribution >= 4 is 17.9 Å². The Morgan fingerprint density at radius 2 is 1.95 bits per heavy atom. The van der Waals surface area contributed by atoms with Crippen molar-refractivity contribution in [1.82, 2.24) is 9.99 Å². The zero-order valence-electron chi connectivity index (χ0n) is 10.5. The topological polar surface area (TPSA) is 57.6 Å². The molecule has 2 rings (SSSR count). The van der Waals surface area contributed by atoms with Gasteiger partial charge in [-0.25, -0.2) is 9.80 Å². The molecule has 0 atom stereocenters. The van der Waals surface area contributed by atoms with Crippen LogP contribution in [0.25, 0.3) is 0 Å². The van der Waals surface area contributed by atoms with Gasteiger partial charge in [-0.05, 0) is 24.3 Å². The highest BCUT2D eigenvalue weighted by atomic mass is 16.2. The van der Waals surface area contributed by atoms with Gasteiger partial charge < -0.3 is 5.32 Å². The first-order valence-electron chi connectivity index (χ1n) is 5.80. The number of urea groups is 1. The number of amides is 2. The average Bonchev–Trinajstić information content (AvgIpc) is 2.47. The van der Waals surface area contributed by atoms with Crippen molar-refractivity contribution in [2.24, 2.45) is 5.10 Å². The molecule has 0 aliphatic carbocycles. The number of nitrogens with zero attached hydrogens (tertiary/aromatic N) is 3. The molecule has 1 heterocycles. The van der Waals surface area contributed by atoms with Crippen LogP contribution in [-0.4, -0.2) is 29.3 Å². The lowest BCUT2D eigenvalue weighted by Crippen LogP contribution is -2.26. The summed E-state index contributed by atoms with van der Waals surface area (Å²) in [5.41, 5.74) is 1.43. The number of hydrogen-bond acceptors (Lipinski definition) is 3. The van der Waals surface area contributed by atoms with Crippen LogP contribution < -0.4 is 5.32 Å². The first kappa shape index (κ1) is 12.8. The normalized spacial score (nSPS) is 10.4. The average molecular weight is 254 g/mol. The van der Waals surface area contributed by atoms with Gasteiger partial charge in [0, 0.05) is 18.9 Å². The van der Waals surface area contributed by atoms with E-state index in [1.165, 1.54) is 11.2 Å². The summed E-state index contributed by atoms with van der Waals surface area (Å²) >= 11 is 0. The minimum Gasteiger partial charge on any atom is -0.306 e. The summed E-state index contributed by atoms with van der Waals surface area (Å²) in [5, 5.41) is 7.98. The molecule has 0 saturated carbocycles. The van der Waals surface area contributed by atoms with Crippen molar-refractivity contribution in [1.29, 1.82) is 0 Å². The van der Waals surface area contributed by atoms with Crippen LogP contribution in [0.15, 0.2) is 59.8 Å². The van der Waals surface area contributed by atoms with E-state index >= 15 is 0 Å². The lowest BCUT2D eigenvalue weighted by molar-refractivity contribution is 0.224. The summed E-state index contributed by atoms with van der Waals surface area (Å²) in [5.74, 6) is 0. The van der Waals surface area contributed by atoms with E-state index in [4.69, 9.17) is 0 Å². The number of rotatable bonds is 3. The number of anilines is 1. The van der Waals surface area contributed by atoms with Crippen LogP contribution >= 0.6 is 0 Å². The lowest BCUT2D eigenvalue weighted by atomic mass is 10.3. The number of para-hydroxylation sites is 1. The van der Waals surface area contributed by atoms with Crippen LogP contribution in [0, 0.1) is 0 Å². The van der Waals surface area contributed by atoms with Crippen molar-refractivity contribution in [3.05, 3.63) is 60.4 Å². The fourth-order valence-electron chi connectivity index (χ4n) is 1.38. The zero-order chi connectivity index (χ0) is 13.5. The standard InChI is InChI=1S/C14H14N4O/c1-18(16-11-13-9-5-6-10-15-13)14(19)17-12-7-3-2-4-8-12/h2-11H,1H3,(H,17,19)/b16-11+. The number of benzene rings is 1. The number of nitrogens with one attached hydrogen (secondary N) is 1. The molecule has 2 amide bonds. The van der Waals surface area contributed by atoms with E-state index in [0.29, 0.717) is 5.69 Å². The van der Waals surface area contributed by atoms with Crippen molar-refractivity contribution in [3.8, 4) is 0 Å². The minimum absolute atomic E-state index is 0.307. The van der Waals surface area contributed by atoms with Gasteiger partial charge in [0.1, 0.15) is 0 Å². The van der Waals surface area contributed by atoms with E-state index in [1.54, 1.807) is 13.2 Å². The summed E-state index contributed by atoms with van der Waals surface area (Å²) in [7, 11) is 1.58. The number of carbonyl (C=O) groups excluding carboxylic acids is 1. The van der Waals surface area contributed by atoms with Crippen LogP contribution in [0.3, 0.4) is 0 Å². The fraction of sp³-hybridized carbons (Fsp3) is 0.0714. The Hall–Kier alpha value is -2.69. The van der Waals surface area contributed by atoms with E-state index in [2.05, 4.69) is 15.4 Å². The third-order valence-corrected chi connectivity index (χ3v) is 2.37. The fourth-order valence-corrected chi connectivity index (χ4v) is 1.38. The molecule has 0 aliphatic rings. The smallest absolute Gasteiger partial charge is 0.306 e. The number of carbonyl (C=O) groups is 1. The molecule has 19 heavy (non-hydrogen) atoms. The second kappa shape index (κ2) is 6.30. The molecule has 2 aromatic rings. The molecule has 96 valence electrons. The number of hydrazone groups is 1. The SMILES string of the molecule is CN(/N=C/c1ccccn1)C(=O)Nc1ccccc1. The Kier molecular flexibility index (Phi) is 4.23. The first-order valence-corrected chi connectivity index (χ1v) is 5.80. The van der Waals surface area contributed by atoms with Crippen molar-refractivity contribution in [2.45, 2.75) is 0 Å². The summed E-state index contributed by atoms with van der Waals surface area (Å²) in [6, 6.07) is 14.4. The highest BCUT2D eigenvalue weighted by Crippen LogP contribution is 2.05. The van der Waals surface area contributed by atoms with Gasteiger partial charge >= 0.3 is 6.03 Å². The van der Waals surface area contributed by atoms with Crippen LogP contribution in [0.4, 0.5) is 10.5 Å². The molecular formula is C14H14N4O. The highest BCUT2D eigenvalue weighted by Gasteiger charge is 2.06. The summed E-state index contributed by atoms with van der Waals surface area (Å²) in [4.78, 5) is 15.9. The molecule has 5 nitrogen and oxygen atoms in total. The number of pyridine rings is 1. The maximum Gasteiger partial charge on any atom is 0.341 e. The van der Waals surface area contributed by atoms with Gasteiger partial charge in [-0.15, -0.1) is 0 Å². The Labute approximate surface area is 111 Å². The minimum atomic E-state index is -0.307. The summed E-state index contributed by atoms with van der Waals surface area (Å²) in [6.07, 6.45) is 3.20. The van der Waals surface area contributed by atoms with E-state index in [9.17, 15) is 4.79 Å². The van der Waals surface area contributed by atoms with Gasteiger partial charge in [-0.3, -0.25) is 4.98 Å². The second-order valence-electron chi connectivity index (χ2n) is 3.82. The molecule has 0 unspecified atom stereocenters. The third kappa shape index (κ3) is 3.92. The van der Waals surface area contributed by atoms with E-state index in [-0.39, 0.29) is 6.03 Å². The predicted molar refractivity (Wildman–Crippen MR) is 75.1 cm³/mol. The van der Waals surface area contributed by atoms with Crippen molar-refractivity contribution in [3.63, 3.8) is 0 Å². The van der Waals surface area contributed by atoms with E-state index in [1.807, 2.05) is 48.5 Å². The highest BCUT2D eigenvalue weighted by molar-refractivity contribution is 5.89. The second-order valence-corrected chi connectivity index (χ2v) is 3.82. The first-order chi connectivity index (χ1) is 9.25. The number of aromatic nitrogens is 1. The molecule has 0 bridgehead atoms. The molecule has 1 aromatic carbocycles. The molecule has 0 radical (unpaired) electrons. The van der Waals surface area contributed by atoms with Gasteiger partial charge in [0.2, 0.25) is 0 Å². The van der Waals surface area contributed by atoms with Gasteiger partial charge in [0.15, 0.2) is 0 Å². The van der Waals surface area contributed by atoms with Crippen LogP contribution in [-0.2, 0) is 0 Å². The summed E-state index contributed by atoms with van der Waals surface area (Å²) < 4.78 is 0. The molecule has 0 fully saturated rings. The van der Waals surface area contributed by atoms with Crippen LogP contribution in [0.5, 0.6) is 0 Å². The Morgan fingerprint density at radius 3 is 2.63 bits per heavy atom. The quantitative estimate of drug-likeness (QED) is 0.676. The lowest BCUT2D eigenvalue weighted by Gasteiger charge is -2.11. The zero-order valence-corrected chi connectivity index (χ0v) is 10.5. The van der Waals surface area contributed by atoms with E-state index in [0.717, 1.165) is 5.69 Å². The largest absolute Gasteiger partial charge is 0.341 e. The van der Waals surface area contributed by atoms with Gasteiger partial charge in [0.05, 0.1) is 11.9 Å². The molecule has 0 aliphatic heterocycles. The van der Waals surface area contributed by atoms with Crippen molar-refractivity contribution in [2.75, 3.05) is 12.4 Å². The maximum atomic E-state index is 11.8. The third-order valence-electron chi connectivity index (χ3n) is 2.37. The maximum absolute atomic E-state index is 11.8. The van der Waals surface area contributed by atoms with E-state index < -0.39 is 0 Å². The molecule has 1 aromatic heterocycles. The molecular weight excluding hydrogens is 240 g/mol. The number of hydrogen-bond donors (Lipinski definition) is 1. The molecule has 1 N–H and O–H groups in total.